The number of hydrogen-bond acceptors (Lipinski definition) is 8. The summed E-state index contributed by atoms with van der Waals surface area (Å²) in [5.41, 5.74) is 2.12. The summed E-state index contributed by atoms with van der Waals surface area (Å²) >= 11 is 0. The van der Waals surface area contributed by atoms with Crippen molar-refractivity contribution in [1.29, 1.82) is 0 Å². The van der Waals surface area contributed by atoms with Crippen LogP contribution in [0.15, 0.2) is 54.7 Å². The molecule has 0 saturated heterocycles. The maximum Gasteiger partial charge on any atom is 0.269 e. The number of anilines is 1. The lowest BCUT2D eigenvalue weighted by molar-refractivity contribution is 0.0957. The number of fused-ring (bicyclic) bond motifs is 1. The number of nitrogens with zero attached hydrogens (tertiary/aromatic N) is 4. The summed E-state index contributed by atoms with van der Waals surface area (Å²) in [5, 5.41) is 22.7. The molecule has 2 amide bonds. The smallest absolute Gasteiger partial charge is 0.269 e. The number of carbonyl (C=O) groups excluding carboxylic acids is 2. The first-order valence-corrected chi connectivity index (χ1v) is 9.54. The van der Waals surface area contributed by atoms with E-state index in [0.29, 0.717) is 33.7 Å². The number of amides is 2. The molecule has 0 fully saturated rings. The number of aromatic hydroxyl groups is 1. The highest BCUT2D eigenvalue weighted by atomic mass is 16.5. The first-order valence-electron chi connectivity index (χ1n) is 9.54. The Morgan fingerprint density at radius 1 is 0.938 bits per heavy atom. The number of hydrogen-bond donors (Lipinski definition) is 3. The maximum absolute atomic E-state index is 12.5. The van der Waals surface area contributed by atoms with Gasteiger partial charge in [0.1, 0.15) is 28.5 Å². The summed E-state index contributed by atoms with van der Waals surface area (Å²) in [5.74, 6) is 0.260. The second kappa shape index (κ2) is 8.64. The quantitative estimate of drug-likeness (QED) is 0.439. The lowest BCUT2D eigenvalue weighted by Crippen LogP contribution is -2.18. The third-order valence-electron chi connectivity index (χ3n) is 4.54. The van der Waals surface area contributed by atoms with E-state index in [2.05, 4.69) is 30.8 Å². The number of phenols is 1. The van der Waals surface area contributed by atoms with Crippen LogP contribution in [-0.4, -0.2) is 44.1 Å². The fourth-order valence-electron chi connectivity index (χ4n) is 2.86. The molecule has 0 spiro atoms. The van der Waals surface area contributed by atoms with Gasteiger partial charge in [0.15, 0.2) is 0 Å². The summed E-state index contributed by atoms with van der Waals surface area (Å²) in [6, 6.07) is 12.7. The van der Waals surface area contributed by atoms with E-state index in [-0.39, 0.29) is 23.3 Å². The Labute approximate surface area is 182 Å². The average Bonchev–Trinajstić information content (AvgIpc) is 2.80. The first kappa shape index (κ1) is 20.7. The van der Waals surface area contributed by atoms with Crippen LogP contribution in [0.1, 0.15) is 26.4 Å². The number of aromatic nitrogens is 4. The molecule has 0 atom stereocenters. The highest BCUT2D eigenvalue weighted by Gasteiger charge is 2.12. The number of rotatable bonds is 5. The van der Waals surface area contributed by atoms with Crippen molar-refractivity contribution in [2.75, 3.05) is 12.4 Å². The van der Waals surface area contributed by atoms with Crippen molar-refractivity contribution in [3.05, 3.63) is 71.5 Å². The Morgan fingerprint density at radius 3 is 2.53 bits per heavy atom. The van der Waals surface area contributed by atoms with Crippen molar-refractivity contribution >= 4 is 28.8 Å². The van der Waals surface area contributed by atoms with Crippen LogP contribution < -0.4 is 15.4 Å². The Bertz CT molecular complexity index is 1340. The molecule has 2 aromatic carbocycles. The molecule has 0 bridgehead atoms. The number of carbonyl (C=O) groups is 2. The van der Waals surface area contributed by atoms with Crippen LogP contribution in [0.25, 0.3) is 11.0 Å². The van der Waals surface area contributed by atoms with Crippen LogP contribution in [0.5, 0.6) is 17.2 Å². The van der Waals surface area contributed by atoms with Gasteiger partial charge in [0, 0.05) is 30.9 Å². The Balaban J connectivity index is 1.56. The van der Waals surface area contributed by atoms with Crippen molar-refractivity contribution in [2.24, 2.45) is 0 Å². The molecule has 2 aromatic heterocycles. The molecule has 32 heavy (non-hydrogen) atoms. The fourth-order valence-corrected chi connectivity index (χ4v) is 2.86. The third-order valence-corrected chi connectivity index (χ3v) is 4.54. The van der Waals surface area contributed by atoms with E-state index in [0.717, 1.165) is 0 Å². The Kier molecular flexibility index (Phi) is 5.58. The van der Waals surface area contributed by atoms with Gasteiger partial charge in [-0.05, 0) is 48.9 Å². The molecule has 0 aliphatic rings. The van der Waals surface area contributed by atoms with Crippen molar-refractivity contribution in [2.45, 2.75) is 6.92 Å². The predicted octanol–water partition coefficient (Wildman–Crippen LogP) is 2.84. The summed E-state index contributed by atoms with van der Waals surface area (Å²) in [6.07, 6.45) is 1.48. The lowest BCUT2D eigenvalue weighted by Gasteiger charge is -2.08. The number of phenolic OH excluding ortho intramolecular Hbond substituents is 1. The van der Waals surface area contributed by atoms with Crippen LogP contribution in [0.4, 0.5) is 5.95 Å². The summed E-state index contributed by atoms with van der Waals surface area (Å²) < 4.78 is 5.82. The van der Waals surface area contributed by atoms with Gasteiger partial charge in [0.2, 0.25) is 5.95 Å². The van der Waals surface area contributed by atoms with E-state index in [1.807, 2.05) is 0 Å². The molecule has 0 aliphatic heterocycles. The molecule has 10 heteroatoms. The molecule has 10 nitrogen and oxygen atoms in total. The highest BCUT2D eigenvalue weighted by Crippen LogP contribution is 2.25. The number of pyridine rings is 1. The molecule has 160 valence electrons. The van der Waals surface area contributed by atoms with Gasteiger partial charge in [0.05, 0.1) is 5.52 Å². The second-order valence-corrected chi connectivity index (χ2v) is 6.80. The normalized spacial score (nSPS) is 10.6. The van der Waals surface area contributed by atoms with Gasteiger partial charge in [-0.15, -0.1) is 10.2 Å². The fraction of sp³-hybridized carbons (Fsp3) is 0.0909. The molecular weight excluding hydrogens is 412 g/mol. The maximum atomic E-state index is 12.5. The van der Waals surface area contributed by atoms with Crippen LogP contribution in [0, 0.1) is 6.92 Å². The third kappa shape index (κ3) is 4.43. The van der Waals surface area contributed by atoms with E-state index < -0.39 is 5.91 Å². The van der Waals surface area contributed by atoms with Gasteiger partial charge in [-0.3, -0.25) is 19.9 Å². The molecule has 0 radical (unpaired) electrons. The Morgan fingerprint density at radius 2 is 1.75 bits per heavy atom. The van der Waals surface area contributed by atoms with E-state index in [9.17, 15) is 14.7 Å². The number of aryl methyl sites for hydroxylation is 1. The van der Waals surface area contributed by atoms with Gasteiger partial charge >= 0.3 is 0 Å². The number of ether oxygens (including phenoxy) is 1. The van der Waals surface area contributed by atoms with E-state index in [1.54, 1.807) is 37.3 Å². The zero-order valence-corrected chi connectivity index (χ0v) is 17.2. The molecule has 0 saturated carbocycles. The Hall–Kier alpha value is -4.60. The summed E-state index contributed by atoms with van der Waals surface area (Å²) in [7, 11) is 1.52. The average molecular weight is 430 g/mol. The monoisotopic (exact) mass is 430 g/mol. The molecule has 4 rings (SSSR count). The van der Waals surface area contributed by atoms with E-state index in [4.69, 9.17) is 4.74 Å². The van der Waals surface area contributed by atoms with Crippen molar-refractivity contribution < 1.29 is 19.4 Å². The van der Waals surface area contributed by atoms with Crippen molar-refractivity contribution in [3.63, 3.8) is 0 Å². The van der Waals surface area contributed by atoms with Gasteiger partial charge in [-0.1, -0.05) is 0 Å². The highest BCUT2D eigenvalue weighted by molar-refractivity contribution is 6.03. The molecule has 3 N–H and O–H groups in total. The van der Waals surface area contributed by atoms with Gasteiger partial charge in [0.25, 0.3) is 11.8 Å². The standard InChI is InChI=1S/C22H18N6O4/c1-12-9-13(3-6-19(12)29)20(30)26-22-25-17-10-14(4-5-16(17)27-28-22)32-15-7-8-24-18(11-15)21(31)23-2/h3-11,29H,1-2H3,(H,23,31)(H,25,26,28,30). The molecular formula is C22H18N6O4. The number of nitrogens with one attached hydrogen (secondary N) is 2. The molecule has 4 aromatic rings. The second-order valence-electron chi connectivity index (χ2n) is 6.80. The van der Waals surface area contributed by atoms with Crippen LogP contribution in [-0.2, 0) is 0 Å². The van der Waals surface area contributed by atoms with Gasteiger partial charge < -0.3 is 15.2 Å². The minimum absolute atomic E-state index is 0.0243. The van der Waals surface area contributed by atoms with Crippen LogP contribution >= 0.6 is 0 Å². The molecule has 2 heterocycles. The topological polar surface area (TPSA) is 139 Å². The van der Waals surface area contributed by atoms with Crippen LogP contribution in [0.3, 0.4) is 0 Å². The van der Waals surface area contributed by atoms with Crippen molar-refractivity contribution in [1.82, 2.24) is 25.5 Å². The molecule has 0 unspecified atom stereocenters. The minimum Gasteiger partial charge on any atom is -0.508 e. The minimum atomic E-state index is -0.430. The SMILES string of the molecule is CNC(=O)c1cc(Oc2ccc3nnc(NC(=O)c4ccc(O)c(C)c4)nc3c2)ccn1. The van der Waals surface area contributed by atoms with E-state index >= 15 is 0 Å². The van der Waals surface area contributed by atoms with Crippen molar-refractivity contribution in [3.8, 4) is 17.2 Å². The zero-order valence-electron chi connectivity index (χ0n) is 17.2. The van der Waals surface area contributed by atoms with E-state index in [1.165, 1.54) is 31.4 Å². The first-order chi connectivity index (χ1) is 15.4. The van der Waals surface area contributed by atoms with Gasteiger partial charge in [-0.2, -0.15) is 0 Å². The summed E-state index contributed by atoms with van der Waals surface area (Å²) in [4.78, 5) is 32.6. The zero-order chi connectivity index (χ0) is 22.7. The predicted molar refractivity (Wildman–Crippen MR) is 116 cm³/mol. The lowest BCUT2D eigenvalue weighted by atomic mass is 10.1. The van der Waals surface area contributed by atoms with Gasteiger partial charge in [-0.25, -0.2) is 4.98 Å². The summed E-state index contributed by atoms with van der Waals surface area (Å²) in [6.45, 7) is 1.70. The number of benzene rings is 2. The van der Waals surface area contributed by atoms with Crippen LogP contribution in [0.2, 0.25) is 0 Å². The molecule has 0 aliphatic carbocycles. The largest absolute Gasteiger partial charge is 0.508 e.